The summed E-state index contributed by atoms with van der Waals surface area (Å²) < 4.78 is 5.42. The molecule has 68 valence electrons. The summed E-state index contributed by atoms with van der Waals surface area (Å²) in [6.07, 6.45) is 4.73. The zero-order valence-electron chi connectivity index (χ0n) is 7.68. The van der Waals surface area contributed by atoms with Gasteiger partial charge < -0.3 is 9.84 Å². The monoisotopic (exact) mass is 160 g/mol. The molecule has 0 aliphatic heterocycles. The molecule has 2 nitrogen and oxygen atoms in total. The smallest absolute Gasteiger partial charge is 0.0547 e. The number of ether oxygens (including phenoxy) is 1. The Bertz CT molecular complexity index is 74.0. The first-order valence-corrected chi connectivity index (χ1v) is 4.53. The maximum Gasteiger partial charge on any atom is 0.0547 e. The minimum atomic E-state index is 0.237. The molecule has 0 aromatic carbocycles. The molecule has 0 aliphatic carbocycles. The van der Waals surface area contributed by atoms with Gasteiger partial charge in [-0.15, -0.1) is 0 Å². The molecule has 1 unspecified atom stereocenters. The second kappa shape index (κ2) is 8.02. The van der Waals surface area contributed by atoms with Crippen LogP contribution in [0, 0.1) is 0 Å². The van der Waals surface area contributed by atoms with Crippen LogP contribution in [0.3, 0.4) is 0 Å². The molecule has 0 saturated heterocycles. The predicted molar refractivity (Wildman–Crippen MR) is 46.6 cm³/mol. The van der Waals surface area contributed by atoms with Crippen molar-refractivity contribution in [2.75, 3.05) is 13.2 Å². The van der Waals surface area contributed by atoms with E-state index in [1.54, 1.807) is 0 Å². The fraction of sp³-hybridized carbons (Fsp3) is 1.00. The lowest BCUT2D eigenvalue weighted by atomic mass is 10.2. The molecule has 2 heteroatoms. The van der Waals surface area contributed by atoms with E-state index >= 15 is 0 Å². The summed E-state index contributed by atoms with van der Waals surface area (Å²) in [5, 5.41) is 8.48. The largest absolute Gasteiger partial charge is 0.396 e. The van der Waals surface area contributed by atoms with Crippen LogP contribution in [-0.4, -0.2) is 24.4 Å². The molecule has 0 radical (unpaired) electrons. The molecule has 0 amide bonds. The molecule has 0 aliphatic rings. The van der Waals surface area contributed by atoms with Crippen molar-refractivity contribution in [2.45, 2.75) is 45.6 Å². The van der Waals surface area contributed by atoms with Crippen LogP contribution >= 0.6 is 0 Å². The number of hydrogen-bond acceptors (Lipinski definition) is 2. The van der Waals surface area contributed by atoms with Crippen molar-refractivity contribution < 1.29 is 9.84 Å². The Kier molecular flexibility index (Phi) is 7.96. The lowest BCUT2D eigenvalue weighted by Crippen LogP contribution is -2.09. The Hall–Kier alpha value is -0.0800. The molecular formula is C9H20O2. The van der Waals surface area contributed by atoms with Gasteiger partial charge in [0, 0.05) is 13.2 Å². The molecule has 11 heavy (non-hydrogen) atoms. The average Bonchev–Trinajstić information content (AvgIpc) is 2.01. The maximum atomic E-state index is 8.48. The second-order valence-electron chi connectivity index (χ2n) is 2.90. The van der Waals surface area contributed by atoms with Crippen LogP contribution < -0.4 is 0 Å². The molecule has 0 heterocycles. The van der Waals surface area contributed by atoms with Gasteiger partial charge >= 0.3 is 0 Å². The van der Waals surface area contributed by atoms with E-state index in [2.05, 4.69) is 13.8 Å². The molecule has 1 N–H and O–H groups in total. The standard InChI is InChI=1S/C9H20O2/c1-3-4-6-9(2)11-8-5-7-10/h9-10H,3-8H2,1-2H3. The number of aliphatic hydroxyl groups excluding tert-OH is 1. The zero-order chi connectivity index (χ0) is 8.53. The van der Waals surface area contributed by atoms with E-state index in [9.17, 15) is 0 Å². The molecule has 0 bridgehead atoms. The fourth-order valence-corrected chi connectivity index (χ4v) is 0.924. The van der Waals surface area contributed by atoms with E-state index in [1.165, 1.54) is 12.8 Å². The lowest BCUT2D eigenvalue weighted by Gasteiger charge is -2.11. The summed E-state index contributed by atoms with van der Waals surface area (Å²) in [4.78, 5) is 0. The van der Waals surface area contributed by atoms with E-state index in [0.717, 1.165) is 12.8 Å². The first-order valence-electron chi connectivity index (χ1n) is 4.53. The van der Waals surface area contributed by atoms with Crippen molar-refractivity contribution in [3.8, 4) is 0 Å². The van der Waals surface area contributed by atoms with E-state index in [4.69, 9.17) is 9.84 Å². The van der Waals surface area contributed by atoms with Gasteiger partial charge in [-0.05, 0) is 19.8 Å². The molecule has 0 fully saturated rings. The third-order valence-electron chi connectivity index (χ3n) is 1.67. The maximum absolute atomic E-state index is 8.48. The highest BCUT2D eigenvalue weighted by molar-refractivity contribution is 4.49. The van der Waals surface area contributed by atoms with Crippen LogP contribution in [0.25, 0.3) is 0 Å². The molecule has 0 spiro atoms. The number of aliphatic hydroxyl groups is 1. The van der Waals surface area contributed by atoms with Gasteiger partial charge in [-0.2, -0.15) is 0 Å². The van der Waals surface area contributed by atoms with E-state index in [1.807, 2.05) is 0 Å². The number of hydrogen-bond donors (Lipinski definition) is 1. The highest BCUT2D eigenvalue weighted by Gasteiger charge is 1.99. The Morgan fingerprint density at radius 1 is 1.36 bits per heavy atom. The van der Waals surface area contributed by atoms with Gasteiger partial charge in [0.1, 0.15) is 0 Å². The van der Waals surface area contributed by atoms with Crippen LogP contribution in [-0.2, 0) is 4.74 Å². The van der Waals surface area contributed by atoms with Crippen LogP contribution in [0.5, 0.6) is 0 Å². The SMILES string of the molecule is CCCCC(C)OCCCO. The van der Waals surface area contributed by atoms with E-state index < -0.39 is 0 Å². The summed E-state index contributed by atoms with van der Waals surface area (Å²) in [5.41, 5.74) is 0. The Morgan fingerprint density at radius 2 is 2.09 bits per heavy atom. The van der Waals surface area contributed by atoms with Crippen molar-refractivity contribution in [1.82, 2.24) is 0 Å². The molecule has 0 aromatic rings. The minimum absolute atomic E-state index is 0.237. The van der Waals surface area contributed by atoms with Crippen LogP contribution in [0.1, 0.15) is 39.5 Å². The third kappa shape index (κ3) is 7.82. The second-order valence-corrected chi connectivity index (χ2v) is 2.90. The first-order chi connectivity index (χ1) is 5.31. The zero-order valence-corrected chi connectivity index (χ0v) is 7.68. The minimum Gasteiger partial charge on any atom is -0.396 e. The Labute approximate surface area is 69.6 Å². The van der Waals surface area contributed by atoms with Crippen molar-refractivity contribution in [3.05, 3.63) is 0 Å². The lowest BCUT2D eigenvalue weighted by molar-refractivity contribution is 0.0493. The summed E-state index contributed by atoms with van der Waals surface area (Å²) in [6.45, 7) is 5.20. The topological polar surface area (TPSA) is 29.5 Å². The van der Waals surface area contributed by atoms with Crippen LogP contribution in [0.2, 0.25) is 0 Å². The first kappa shape index (κ1) is 10.9. The van der Waals surface area contributed by atoms with Crippen molar-refractivity contribution in [2.24, 2.45) is 0 Å². The molecule has 0 rings (SSSR count). The quantitative estimate of drug-likeness (QED) is 0.577. The fourth-order valence-electron chi connectivity index (χ4n) is 0.924. The van der Waals surface area contributed by atoms with E-state index in [-0.39, 0.29) is 6.61 Å². The highest BCUT2D eigenvalue weighted by atomic mass is 16.5. The van der Waals surface area contributed by atoms with Crippen molar-refractivity contribution >= 4 is 0 Å². The summed E-state index contributed by atoms with van der Waals surface area (Å²) in [6, 6.07) is 0. The highest BCUT2D eigenvalue weighted by Crippen LogP contribution is 2.03. The average molecular weight is 160 g/mol. The van der Waals surface area contributed by atoms with Gasteiger partial charge in [0.05, 0.1) is 6.10 Å². The summed E-state index contributed by atoms with van der Waals surface area (Å²) >= 11 is 0. The van der Waals surface area contributed by atoms with E-state index in [0.29, 0.717) is 12.7 Å². The molecule has 1 atom stereocenters. The molecule has 0 aromatic heterocycles. The van der Waals surface area contributed by atoms with Crippen molar-refractivity contribution in [3.63, 3.8) is 0 Å². The van der Waals surface area contributed by atoms with Gasteiger partial charge in [-0.3, -0.25) is 0 Å². The van der Waals surface area contributed by atoms with Gasteiger partial charge in [0.15, 0.2) is 0 Å². The van der Waals surface area contributed by atoms with Crippen LogP contribution in [0.15, 0.2) is 0 Å². The summed E-state index contributed by atoms with van der Waals surface area (Å²) in [7, 11) is 0. The van der Waals surface area contributed by atoms with Gasteiger partial charge in [-0.25, -0.2) is 0 Å². The Morgan fingerprint density at radius 3 is 2.64 bits per heavy atom. The van der Waals surface area contributed by atoms with Gasteiger partial charge in [0.2, 0.25) is 0 Å². The third-order valence-corrected chi connectivity index (χ3v) is 1.67. The van der Waals surface area contributed by atoms with Crippen molar-refractivity contribution in [1.29, 1.82) is 0 Å². The Balaban J connectivity index is 3.02. The normalized spacial score (nSPS) is 13.4. The van der Waals surface area contributed by atoms with Crippen LogP contribution in [0.4, 0.5) is 0 Å². The molecule has 0 saturated carbocycles. The number of unbranched alkanes of at least 4 members (excludes halogenated alkanes) is 1. The van der Waals surface area contributed by atoms with Gasteiger partial charge in [0.25, 0.3) is 0 Å². The predicted octanol–water partition coefficient (Wildman–Crippen LogP) is 1.96. The molecular weight excluding hydrogens is 140 g/mol. The summed E-state index contributed by atoms with van der Waals surface area (Å²) in [5.74, 6) is 0. The number of rotatable bonds is 7. The van der Waals surface area contributed by atoms with Gasteiger partial charge in [-0.1, -0.05) is 19.8 Å².